The van der Waals surface area contributed by atoms with Crippen molar-refractivity contribution in [3.8, 4) is 0 Å². The van der Waals surface area contributed by atoms with Gasteiger partial charge in [-0.3, -0.25) is 9.59 Å². The molecule has 0 radical (unpaired) electrons. The maximum absolute atomic E-state index is 12.3. The standard InChI is InChI=1S/C18H25N3O2/c1-13-3-5-16(6-4-13)21-12-14(11-17(21)22)18(23)19-9-10-20(2)15-7-8-15/h3-6,14-15H,7-12H2,1-2H3,(H,19,23)/t14-/m1/s1. The van der Waals surface area contributed by atoms with Crippen LogP contribution in [0.4, 0.5) is 5.69 Å². The molecule has 1 saturated carbocycles. The third kappa shape index (κ3) is 3.91. The first-order valence-corrected chi connectivity index (χ1v) is 8.39. The number of nitrogens with zero attached hydrogens (tertiary/aromatic N) is 2. The van der Waals surface area contributed by atoms with Crippen LogP contribution in [0.15, 0.2) is 24.3 Å². The molecule has 1 saturated heterocycles. The molecule has 5 heteroatoms. The van der Waals surface area contributed by atoms with Crippen LogP contribution < -0.4 is 10.2 Å². The van der Waals surface area contributed by atoms with Gasteiger partial charge in [0.1, 0.15) is 0 Å². The molecule has 2 amide bonds. The highest BCUT2D eigenvalue weighted by atomic mass is 16.2. The van der Waals surface area contributed by atoms with Gasteiger partial charge in [-0.15, -0.1) is 0 Å². The lowest BCUT2D eigenvalue weighted by atomic mass is 10.1. The van der Waals surface area contributed by atoms with Crippen LogP contribution in [0.25, 0.3) is 0 Å². The summed E-state index contributed by atoms with van der Waals surface area (Å²) >= 11 is 0. The first-order chi connectivity index (χ1) is 11.0. The highest BCUT2D eigenvalue weighted by Crippen LogP contribution is 2.26. The molecular weight excluding hydrogens is 290 g/mol. The van der Waals surface area contributed by atoms with Crippen molar-refractivity contribution < 1.29 is 9.59 Å². The molecule has 0 unspecified atom stereocenters. The van der Waals surface area contributed by atoms with Crippen LogP contribution in [0.2, 0.25) is 0 Å². The lowest BCUT2D eigenvalue weighted by Crippen LogP contribution is -2.38. The van der Waals surface area contributed by atoms with Gasteiger partial charge in [0, 0.05) is 37.8 Å². The van der Waals surface area contributed by atoms with E-state index < -0.39 is 0 Å². The van der Waals surface area contributed by atoms with Crippen LogP contribution in [0.5, 0.6) is 0 Å². The van der Waals surface area contributed by atoms with Gasteiger partial charge in [0.15, 0.2) is 0 Å². The molecule has 1 aromatic rings. The zero-order chi connectivity index (χ0) is 16.4. The average molecular weight is 315 g/mol. The number of anilines is 1. The van der Waals surface area contributed by atoms with Gasteiger partial charge in [0.25, 0.3) is 0 Å². The quantitative estimate of drug-likeness (QED) is 0.867. The Labute approximate surface area is 137 Å². The van der Waals surface area contributed by atoms with Crippen LogP contribution in [-0.2, 0) is 9.59 Å². The normalized spacial score (nSPS) is 21.1. The van der Waals surface area contributed by atoms with Crippen molar-refractivity contribution in [2.24, 2.45) is 5.92 Å². The highest BCUT2D eigenvalue weighted by Gasteiger charge is 2.35. The van der Waals surface area contributed by atoms with Crippen LogP contribution in [0.3, 0.4) is 0 Å². The molecule has 23 heavy (non-hydrogen) atoms. The molecule has 5 nitrogen and oxygen atoms in total. The Morgan fingerprint density at radius 1 is 1.30 bits per heavy atom. The second-order valence-corrected chi connectivity index (χ2v) is 6.74. The number of likely N-dealkylation sites (N-methyl/N-ethyl adjacent to an activating group) is 1. The number of aryl methyl sites for hydroxylation is 1. The fraction of sp³-hybridized carbons (Fsp3) is 0.556. The molecule has 0 aromatic heterocycles. The van der Waals surface area contributed by atoms with Gasteiger partial charge < -0.3 is 15.1 Å². The number of carbonyl (C=O) groups excluding carboxylic acids is 2. The molecule has 0 bridgehead atoms. The van der Waals surface area contributed by atoms with E-state index in [2.05, 4.69) is 17.3 Å². The molecule has 1 N–H and O–H groups in total. The summed E-state index contributed by atoms with van der Waals surface area (Å²) in [5, 5.41) is 2.98. The molecule has 124 valence electrons. The zero-order valence-corrected chi connectivity index (χ0v) is 13.9. The Hall–Kier alpha value is -1.88. The van der Waals surface area contributed by atoms with E-state index in [0.717, 1.165) is 17.8 Å². The summed E-state index contributed by atoms with van der Waals surface area (Å²) in [6, 6.07) is 8.57. The molecule has 1 heterocycles. The largest absolute Gasteiger partial charge is 0.355 e. The zero-order valence-electron chi connectivity index (χ0n) is 13.9. The minimum atomic E-state index is -0.241. The lowest BCUT2D eigenvalue weighted by molar-refractivity contribution is -0.126. The predicted molar refractivity (Wildman–Crippen MR) is 90.3 cm³/mol. The molecule has 2 fully saturated rings. The predicted octanol–water partition coefficient (Wildman–Crippen LogP) is 1.56. The number of hydrogen-bond acceptors (Lipinski definition) is 3. The molecule has 2 aliphatic rings. The SMILES string of the molecule is Cc1ccc(N2C[C@H](C(=O)NCCN(C)C3CC3)CC2=O)cc1. The molecule has 1 aromatic carbocycles. The Morgan fingerprint density at radius 3 is 2.65 bits per heavy atom. The number of benzene rings is 1. The van der Waals surface area contributed by atoms with E-state index in [9.17, 15) is 9.59 Å². The second kappa shape index (κ2) is 6.71. The molecular formula is C18H25N3O2. The van der Waals surface area contributed by atoms with E-state index in [1.54, 1.807) is 4.90 Å². The maximum Gasteiger partial charge on any atom is 0.227 e. The fourth-order valence-corrected chi connectivity index (χ4v) is 3.06. The third-order valence-electron chi connectivity index (χ3n) is 4.78. The van der Waals surface area contributed by atoms with E-state index in [1.165, 1.54) is 12.8 Å². The van der Waals surface area contributed by atoms with Gasteiger partial charge in [-0.05, 0) is 38.9 Å². The summed E-state index contributed by atoms with van der Waals surface area (Å²) in [4.78, 5) is 28.5. The number of hydrogen-bond donors (Lipinski definition) is 1. The molecule has 1 aliphatic carbocycles. The number of rotatable bonds is 6. The van der Waals surface area contributed by atoms with Gasteiger partial charge in [-0.1, -0.05) is 17.7 Å². The fourth-order valence-electron chi connectivity index (χ4n) is 3.06. The first-order valence-electron chi connectivity index (χ1n) is 8.39. The Morgan fingerprint density at radius 2 is 2.00 bits per heavy atom. The molecule has 0 spiro atoms. The topological polar surface area (TPSA) is 52.7 Å². The number of nitrogens with one attached hydrogen (secondary N) is 1. The van der Waals surface area contributed by atoms with Crippen molar-refractivity contribution in [1.29, 1.82) is 0 Å². The van der Waals surface area contributed by atoms with Crippen molar-refractivity contribution in [2.75, 3.05) is 31.6 Å². The minimum Gasteiger partial charge on any atom is -0.355 e. The Kier molecular flexibility index (Phi) is 4.66. The number of amides is 2. The molecule has 1 atom stereocenters. The highest BCUT2D eigenvalue weighted by molar-refractivity contribution is 6.00. The van der Waals surface area contributed by atoms with E-state index in [1.807, 2.05) is 31.2 Å². The van der Waals surface area contributed by atoms with Gasteiger partial charge in [-0.25, -0.2) is 0 Å². The van der Waals surface area contributed by atoms with E-state index in [-0.39, 0.29) is 17.7 Å². The first kappa shape index (κ1) is 16.0. The lowest BCUT2D eigenvalue weighted by Gasteiger charge is -2.18. The summed E-state index contributed by atoms with van der Waals surface area (Å²) in [5.74, 6) is -0.212. The van der Waals surface area contributed by atoms with Gasteiger partial charge >= 0.3 is 0 Å². The average Bonchev–Trinajstić information content (AvgIpc) is 3.31. The van der Waals surface area contributed by atoms with E-state index in [0.29, 0.717) is 25.6 Å². The van der Waals surface area contributed by atoms with Crippen molar-refractivity contribution in [1.82, 2.24) is 10.2 Å². The maximum atomic E-state index is 12.3. The van der Waals surface area contributed by atoms with E-state index in [4.69, 9.17) is 0 Å². The summed E-state index contributed by atoms with van der Waals surface area (Å²) in [7, 11) is 2.10. The van der Waals surface area contributed by atoms with Crippen LogP contribution in [0, 0.1) is 12.8 Å². The van der Waals surface area contributed by atoms with Gasteiger partial charge in [-0.2, -0.15) is 0 Å². The van der Waals surface area contributed by atoms with Gasteiger partial charge in [0.05, 0.1) is 5.92 Å². The van der Waals surface area contributed by atoms with Crippen molar-refractivity contribution in [3.05, 3.63) is 29.8 Å². The molecule has 1 aliphatic heterocycles. The van der Waals surface area contributed by atoms with Crippen molar-refractivity contribution >= 4 is 17.5 Å². The number of carbonyl (C=O) groups is 2. The van der Waals surface area contributed by atoms with Crippen LogP contribution >= 0.6 is 0 Å². The van der Waals surface area contributed by atoms with Crippen LogP contribution in [0.1, 0.15) is 24.8 Å². The monoisotopic (exact) mass is 315 g/mol. The van der Waals surface area contributed by atoms with Gasteiger partial charge in [0.2, 0.25) is 11.8 Å². The Balaban J connectivity index is 1.50. The van der Waals surface area contributed by atoms with Crippen molar-refractivity contribution in [3.63, 3.8) is 0 Å². The third-order valence-corrected chi connectivity index (χ3v) is 4.78. The Bertz CT molecular complexity index is 580. The van der Waals surface area contributed by atoms with E-state index >= 15 is 0 Å². The minimum absolute atomic E-state index is 0.00263. The van der Waals surface area contributed by atoms with Crippen LogP contribution in [-0.4, -0.2) is 49.4 Å². The summed E-state index contributed by atoms with van der Waals surface area (Å²) in [6.45, 7) is 4.02. The summed E-state index contributed by atoms with van der Waals surface area (Å²) in [5.41, 5.74) is 2.04. The summed E-state index contributed by atoms with van der Waals surface area (Å²) < 4.78 is 0. The van der Waals surface area contributed by atoms with Crippen molar-refractivity contribution in [2.45, 2.75) is 32.2 Å². The summed E-state index contributed by atoms with van der Waals surface area (Å²) in [6.07, 6.45) is 2.85. The molecule has 3 rings (SSSR count). The second-order valence-electron chi connectivity index (χ2n) is 6.74. The smallest absolute Gasteiger partial charge is 0.227 e.